The van der Waals surface area contributed by atoms with E-state index in [2.05, 4.69) is 4.98 Å². The Morgan fingerprint density at radius 3 is 2.75 bits per heavy atom. The van der Waals surface area contributed by atoms with Crippen molar-refractivity contribution >= 4 is 5.91 Å². The number of piperidine rings is 1. The summed E-state index contributed by atoms with van der Waals surface area (Å²) in [4.78, 5) is 29.1. The molecule has 126 valence electrons. The van der Waals surface area contributed by atoms with Crippen LogP contribution in [0.15, 0.2) is 47.4 Å². The molecule has 0 saturated carbocycles. The molecule has 0 bridgehead atoms. The van der Waals surface area contributed by atoms with Crippen LogP contribution in [0.3, 0.4) is 0 Å². The van der Waals surface area contributed by atoms with E-state index in [1.54, 1.807) is 24.3 Å². The molecule has 2 aromatic rings. The molecule has 24 heavy (non-hydrogen) atoms. The minimum Gasteiger partial charge on any atom is -0.508 e. The van der Waals surface area contributed by atoms with Gasteiger partial charge < -0.3 is 15.0 Å². The minimum atomic E-state index is -0.328. The maximum Gasteiger partial charge on any atom is 0.260 e. The zero-order chi connectivity index (χ0) is 16.9. The molecular weight excluding hydrogens is 304 g/mol. The normalized spacial score (nSPS) is 17.7. The fourth-order valence-corrected chi connectivity index (χ4v) is 3.31. The number of carbonyl (C=O) groups excluding carboxylic acids is 1. The molecule has 1 aromatic heterocycles. The molecule has 1 aliphatic rings. The fourth-order valence-electron chi connectivity index (χ4n) is 3.31. The third kappa shape index (κ3) is 3.67. The first-order valence-corrected chi connectivity index (χ1v) is 8.42. The zero-order valence-corrected chi connectivity index (χ0v) is 13.6. The Morgan fingerprint density at radius 1 is 1.21 bits per heavy atom. The average Bonchev–Trinajstić information content (AvgIpc) is 2.61. The molecule has 0 radical (unpaired) electrons. The summed E-state index contributed by atoms with van der Waals surface area (Å²) in [6.45, 7) is 0.702. The average molecular weight is 326 g/mol. The van der Waals surface area contributed by atoms with E-state index in [0.717, 1.165) is 37.7 Å². The molecule has 1 aromatic carbocycles. The fraction of sp³-hybridized carbons (Fsp3) is 0.368. The summed E-state index contributed by atoms with van der Waals surface area (Å²) in [6.07, 6.45) is 6.30. The van der Waals surface area contributed by atoms with Gasteiger partial charge in [0.15, 0.2) is 0 Å². The Morgan fingerprint density at radius 2 is 2.00 bits per heavy atom. The first kappa shape index (κ1) is 16.3. The van der Waals surface area contributed by atoms with Crippen LogP contribution in [-0.2, 0) is 6.42 Å². The number of phenolic OH excluding ortho intramolecular Hbond substituents is 1. The van der Waals surface area contributed by atoms with E-state index in [-0.39, 0.29) is 28.8 Å². The van der Waals surface area contributed by atoms with E-state index in [9.17, 15) is 14.7 Å². The highest BCUT2D eigenvalue weighted by molar-refractivity contribution is 5.94. The highest BCUT2D eigenvalue weighted by atomic mass is 16.3. The Balaban J connectivity index is 1.71. The van der Waals surface area contributed by atoms with Crippen molar-refractivity contribution in [1.82, 2.24) is 9.88 Å². The molecule has 1 fully saturated rings. The number of likely N-dealkylation sites (tertiary alicyclic amines) is 1. The minimum absolute atomic E-state index is 0.152. The highest BCUT2D eigenvalue weighted by Gasteiger charge is 2.28. The summed E-state index contributed by atoms with van der Waals surface area (Å²) in [6, 6.07) is 10.6. The number of aromatic nitrogens is 1. The number of pyridine rings is 1. The van der Waals surface area contributed by atoms with Crippen LogP contribution < -0.4 is 5.56 Å². The van der Waals surface area contributed by atoms with E-state index >= 15 is 0 Å². The van der Waals surface area contributed by atoms with Gasteiger partial charge >= 0.3 is 0 Å². The third-order valence-corrected chi connectivity index (χ3v) is 4.64. The van der Waals surface area contributed by atoms with E-state index < -0.39 is 0 Å². The largest absolute Gasteiger partial charge is 0.508 e. The van der Waals surface area contributed by atoms with Gasteiger partial charge in [-0.05, 0) is 61.9 Å². The van der Waals surface area contributed by atoms with Crippen LogP contribution >= 0.6 is 0 Å². The number of aromatic hydroxyl groups is 1. The number of aromatic amines is 1. The van der Waals surface area contributed by atoms with Crippen LogP contribution in [0.5, 0.6) is 5.75 Å². The smallest absolute Gasteiger partial charge is 0.260 e. The van der Waals surface area contributed by atoms with Gasteiger partial charge in [0.2, 0.25) is 0 Å². The number of nitrogens with zero attached hydrogens (tertiary/aromatic N) is 1. The summed E-state index contributed by atoms with van der Waals surface area (Å²) < 4.78 is 0. The summed E-state index contributed by atoms with van der Waals surface area (Å²) in [5.41, 5.74) is 1.03. The van der Waals surface area contributed by atoms with Crippen molar-refractivity contribution in [1.29, 1.82) is 0 Å². The van der Waals surface area contributed by atoms with Gasteiger partial charge in [0.05, 0.1) is 0 Å². The standard InChI is InChI=1S/C19H22N2O3/c22-16-10-7-14(8-11-16)6-9-15-4-1-2-13-21(15)19(24)17-5-3-12-20-18(17)23/h3,5,7-8,10-12,15,22H,1-2,4,6,9,13H2,(H,20,23). The van der Waals surface area contributed by atoms with Gasteiger partial charge in [-0.25, -0.2) is 0 Å². The van der Waals surface area contributed by atoms with E-state index in [0.29, 0.717) is 6.54 Å². The lowest BCUT2D eigenvalue weighted by molar-refractivity contribution is 0.0600. The van der Waals surface area contributed by atoms with Gasteiger partial charge in [0.25, 0.3) is 11.5 Å². The van der Waals surface area contributed by atoms with Crippen molar-refractivity contribution in [3.8, 4) is 5.75 Å². The van der Waals surface area contributed by atoms with E-state index in [1.165, 1.54) is 6.20 Å². The number of benzene rings is 1. The van der Waals surface area contributed by atoms with Crippen LogP contribution in [-0.4, -0.2) is 33.5 Å². The van der Waals surface area contributed by atoms with Gasteiger partial charge in [0, 0.05) is 18.8 Å². The van der Waals surface area contributed by atoms with Crippen LogP contribution in [0.1, 0.15) is 41.6 Å². The second kappa shape index (κ2) is 7.34. The zero-order valence-electron chi connectivity index (χ0n) is 13.6. The summed E-state index contributed by atoms with van der Waals surface area (Å²) in [5, 5.41) is 9.36. The number of aryl methyl sites for hydroxylation is 1. The number of hydrogen-bond acceptors (Lipinski definition) is 3. The second-order valence-corrected chi connectivity index (χ2v) is 6.27. The number of H-pyrrole nitrogens is 1. The lowest BCUT2D eigenvalue weighted by Gasteiger charge is -2.36. The highest BCUT2D eigenvalue weighted by Crippen LogP contribution is 2.23. The quantitative estimate of drug-likeness (QED) is 0.907. The Labute approximate surface area is 140 Å². The Hall–Kier alpha value is -2.56. The summed E-state index contributed by atoms with van der Waals surface area (Å²) >= 11 is 0. The number of hydrogen-bond donors (Lipinski definition) is 2. The monoisotopic (exact) mass is 326 g/mol. The molecule has 2 N–H and O–H groups in total. The molecule has 0 spiro atoms. The van der Waals surface area contributed by atoms with Crippen LogP contribution in [0, 0.1) is 0 Å². The number of phenols is 1. The van der Waals surface area contributed by atoms with Crippen LogP contribution in [0.2, 0.25) is 0 Å². The van der Waals surface area contributed by atoms with Gasteiger partial charge in [0.1, 0.15) is 11.3 Å². The Kier molecular flexibility index (Phi) is 4.99. The molecule has 1 aliphatic heterocycles. The van der Waals surface area contributed by atoms with Crippen LogP contribution in [0.4, 0.5) is 0 Å². The molecule has 2 heterocycles. The van der Waals surface area contributed by atoms with Crippen molar-refractivity contribution in [3.05, 3.63) is 64.1 Å². The van der Waals surface area contributed by atoms with Gasteiger partial charge in [-0.3, -0.25) is 9.59 Å². The first-order chi connectivity index (χ1) is 11.6. The molecule has 1 unspecified atom stereocenters. The maximum atomic E-state index is 12.8. The number of carbonyl (C=O) groups is 1. The number of nitrogens with one attached hydrogen (secondary N) is 1. The molecule has 1 atom stereocenters. The molecule has 0 aliphatic carbocycles. The van der Waals surface area contributed by atoms with Gasteiger partial charge in [-0.2, -0.15) is 0 Å². The molecule has 5 nitrogen and oxygen atoms in total. The predicted molar refractivity (Wildman–Crippen MR) is 92.2 cm³/mol. The summed E-state index contributed by atoms with van der Waals surface area (Å²) in [5.74, 6) is 0.0868. The molecular formula is C19H22N2O3. The Bertz CT molecular complexity index is 752. The molecule has 5 heteroatoms. The molecule has 1 saturated heterocycles. The number of rotatable bonds is 4. The van der Waals surface area contributed by atoms with Crippen LogP contribution in [0.25, 0.3) is 0 Å². The lowest BCUT2D eigenvalue weighted by atomic mass is 9.95. The van der Waals surface area contributed by atoms with Crippen molar-refractivity contribution in [2.45, 2.75) is 38.1 Å². The van der Waals surface area contributed by atoms with Crippen molar-refractivity contribution in [2.24, 2.45) is 0 Å². The van der Waals surface area contributed by atoms with Crippen molar-refractivity contribution < 1.29 is 9.90 Å². The van der Waals surface area contributed by atoms with Gasteiger partial charge in [-0.1, -0.05) is 12.1 Å². The molecule has 3 rings (SSSR count). The van der Waals surface area contributed by atoms with E-state index in [1.807, 2.05) is 17.0 Å². The SMILES string of the molecule is O=C(c1ccc[nH]c1=O)N1CCCCC1CCc1ccc(O)cc1. The number of amides is 1. The molecule has 1 amide bonds. The second-order valence-electron chi connectivity index (χ2n) is 6.27. The lowest BCUT2D eigenvalue weighted by Crippen LogP contribution is -2.45. The van der Waals surface area contributed by atoms with Crippen molar-refractivity contribution in [3.63, 3.8) is 0 Å². The van der Waals surface area contributed by atoms with Crippen molar-refractivity contribution in [2.75, 3.05) is 6.54 Å². The predicted octanol–water partition coefficient (Wildman–Crippen LogP) is 2.71. The first-order valence-electron chi connectivity index (χ1n) is 8.42. The van der Waals surface area contributed by atoms with Gasteiger partial charge in [-0.15, -0.1) is 0 Å². The van der Waals surface area contributed by atoms with E-state index in [4.69, 9.17) is 0 Å². The topological polar surface area (TPSA) is 73.4 Å². The summed E-state index contributed by atoms with van der Waals surface area (Å²) in [7, 11) is 0. The third-order valence-electron chi connectivity index (χ3n) is 4.64. The maximum absolute atomic E-state index is 12.8.